The summed E-state index contributed by atoms with van der Waals surface area (Å²) < 4.78 is 5.29. The van der Waals surface area contributed by atoms with Gasteiger partial charge in [0.2, 0.25) is 5.91 Å². The van der Waals surface area contributed by atoms with E-state index in [-0.39, 0.29) is 11.9 Å². The third-order valence-corrected chi connectivity index (χ3v) is 4.01. The first-order valence-electron chi connectivity index (χ1n) is 7.19. The lowest BCUT2D eigenvalue weighted by molar-refractivity contribution is -0.124. The van der Waals surface area contributed by atoms with Gasteiger partial charge in [0.05, 0.1) is 6.54 Å². The first kappa shape index (κ1) is 14.7. The monoisotopic (exact) mass is 270 g/mol. The molecular weight excluding hydrogens is 244 g/mol. The zero-order chi connectivity index (χ0) is 13.7. The van der Waals surface area contributed by atoms with Crippen molar-refractivity contribution in [3.8, 4) is 0 Å². The summed E-state index contributed by atoms with van der Waals surface area (Å²) >= 11 is 0. The number of ether oxygens (including phenoxy) is 1. The third kappa shape index (κ3) is 4.42. The van der Waals surface area contributed by atoms with Crippen molar-refractivity contribution in [3.63, 3.8) is 0 Å². The molecule has 1 amide bonds. The lowest BCUT2D eigenvalue weighted by atomic mass is 10.1. The number of likely N-dealkylation sites (N-methyl/N-ethyl adjacent to an activating group) is 1. The summed E-state index contributed by atoms with van der Waals surface area (Å²) in [6, 6.07) is 0.573. The molecule has 2 aliphatic rings. The van der Waals surface area contributed by atoms with Crippen molar-refractivity contribution in [2.75, 3.05) is 53.0 Å². The van der Waals surface area contributed by atoms with E-state index in [4.69, 9.17) is 10.5 Å². The number of nitrogens with one attached hydrogen (secondary N) is 1. The van der Waals surface area contributed by atoms with Crippen LogP contribution in [0, 0.1) is 0 Å². The van der Waals surface area contributed by atoms with Crippen LogP contribution >= 0.6 is 0 Å². The summed E-state index contributed by atoms with van der Waals surface area (Å²) in [5.74, 6) is 0.120. The lowest BCUT2D eigenvalue weighted by Gasteiger charge is -2.39. The van der Waals surface area contributed by atoms with E-state index in [0.29, 0.717) is 19.1 Å². The number of rotatable bonds is 4. The number of piperazine rings is 1. The number of carbonyl (C=O) groups excluding carboxylic acids is 1. The van der Waals surface area contributed by atoms with Crippen LogP contribution in [0.15, 0.2) is 0 Å². The molecule has 2 rings (SSSR count). The lowest BCUT2D eigenvalue weighted by Crippen LogP contribution is -2.57. The second kappa shape index (κ2) is 7.19. The van der Waals surface area contributed by atoms with Crippen LogP contribution in [0.1, 0.15) is 12.8 Å². The van der Waals surface area contributed by atoms with Gasteiger partial charge in [-0.25, -0.2) is 0 Å². The maximum atomic E-state index is 12.1. The SMILES string of the molecule is CN1CCN(CC(=O)NC2CCOCC2)C(CN)C1. The van der Waals surface area contributed by atoms with Gasteiger partial charge in [-0.05, 0) is 19.9 Å². The molecule has 1 unspecified atom stereocenters. The number of nitrogens with zero attached hydrogens (tertiary/aromatic N) is 2. The molecule has 2 fully saturated rings. The van der Waals surface area contributed by atoms with Gasteiger partial charge in [-0.3, -0.25) is 9.69 Å². The van der Waals surface area contributed by atoms with Gasteiger partial charge in [0.1, 0.15) is 0 Å². The van der Waals surface area contributed by atoms with Crippen LogP contribution in [0.5, 0.6) is 0 Å². The zero-order valence-corrected chi connectivity index (χ0v) is 11.8. The van der Waals surface area contributed by atoms with Gasteiger partial charge < -0.3 is 20.7 Å². The van der Waals surface area contributed by atoms with Crippen LogP contribution in [0.2, 0.25) is 0 Å². The number of nitrogens with two attached hydrogens (primary N) is 1. The van der Waals surface area contributed by atoms with E-state index in [1.54, 1.807) is 0 Å². The van der Waals surface area contributed by atoms with Crippen molar-refractivity contribution in [1.29, 1.82) is 0 Å². The second-order valence-corrected chi connectivity index (χ2v) is 5.58. The zero-order valence-electron chi connectivity index (χ0n) is 11.8. The first-order chi connectivity index (χ1) is 9.19. The van der Waals surface area contributed by atoms with Gasteiger partial charge in [-0.2, -0.15) is 0 Å². The van der Waals surface area contributed by atoms with Crippen molar-refractivity contribution in [2.45, 2.75) is 24.9 Å². The Morgan fingerprint density at radius 2 is 2.11 bits per heavy atom. The maximum absolute atomic E-state index is 12.1. The third-order valence-electron chi connectivity index (χ3n) is 4.01. The van der Waals surface area contributed by atoms with Crippen LogP contribution in [0.4, 0.5) is 0 Å². The van der Waals surface area contributed by atoms with Gasteiger partial charge in [0.15, 0.2) is 0 Å². The van der Waals surface area contributed by atoms with Gasteiger partial charge in [0, 0.05) is 51.5 Å². The van der Waals surface area contributed by atoms with Crippen molar-refractivity contribution in [3.05, 3.63) is 0 Å². The van der Waals surface area contributed by atoms with Crippen molar-refractivity contribution in [2.24, 2.45) is 5.73 Å². The molecule has 0 aromatic heterocycles. The highest BCUT2D eigenvalue weighted by atomic mass is 16.5. The highest BCUT2D eigenvalue weighted by Crippen LogP contribution is 2.09. The van der Waals surface area contributed by atoms with Gasteiger partial charge >= 0.3 is 0 Å². The number of amides is 1. The molecule has 6 nitrogen and oxygen atoms in total. The molecule has 19 heavy (non-hydrogen) atoms. The normalized spacial score (nSPS) is 27.4. The Morgan fingerprint density at radius 1 is 1.37 bits per heavy atom. The molecule has 3 N–H and O–H groups in total. The fraction of sp³-hybridized carbons (Fsp3) is 0.923. The predicted octanol–water partition coefficient (Wildman–Crippen LogP) is -1.14. The van der Waals surface area contributed by atoms with Crippen LogP contribution < -0.4 is 11.1 Å². The molecule has 0 bridgehead atoms. The van der Waals surface area contributed by atoms with Crippen molar-refractivity contribution in [1.82, 2.24) is 15.1 Å². The standard InChI is InChI=1S/C13H26N4O2/c1-16-4-5-17(12(8-14)9-16)10-13(18)15-11-2-6-19-7-3-11/h11-12H,2-10,14H2,1H3,(H,15,18). The summed E-state index contributed by atoms with van der Waals surface area (Å²) in [6.45, 7) is 5.44. The predicted molar refractivity (Wildman–Crippen MR) is 73.9 cm³/mol. The molecule has 2 aliphatic heterocycles. The molecule has 0 aliphatic carbocycles. The van der Waals surface area contributed by atoms with Crippen LogP contribution in [-0.2, 0) is 9.53 Å². The smallest absolute Gasteiger partial charge is 0.234 e. The quantitative estimate of drug-likeness (QED) is 0.675. The Bertz CT molecular complexity index is 294. The van der Waals surface area contributed by atoms with Crippen molar-refractivity contribution < 1.29 is 9.53 Å². The van der Waals surface area contributed by atoms with E-state index in [2.05, 4.69) is 22.2 Å². The minimum absolute atomic E-state index is 0.120. The summed E-state index contributed by atoms with van der Waals surface area (Å²) in [4.78, 5) is 16.5. The molecule has 6 heteroatoms. The van der Waals surface area contributed by atoms with E-state index in [1.165, 1.54) is 0 Å². The van der Waals surface area contributed by atoms with E-state index in [1.807, 2.05) is 0 Å². The van der Waals surface area contributed by atoms with Crippen molar-refractivity contribution >= 4 is 5.91 Å². The first-order valence-corrected chi connectivity index (χ1v) is 7.19. The van der Waals surface area contributed by atoms with Gasteiger partial charge in [-0.15, -0.1) is 0 Å². The molecule has 1 atom stereocenters. The molecule has 110 valence electrons. The fourth-order valence-corrected chi connectivity index (χ4v) is 2.78. The molecule has 0 radical (unpaired) electrons. The highest BCUT2D eigenvalue weighted by molar-refractivity contribution is 5.78. The summed E-state index contributed by atoms with van der Waals surface area (Å²) in [5, 5.41) is 3.11. The number of hydrogen-bond acceptors (Lipinski definition) is 5. The van der Waals surface area contributed by atoms with Crippen LogP contribution in [-0.4, -0.2) is 80.8 Å². The second-order valence-electron chi connectivity index (χ2n) is 5.58. The van der Waals surface area contributed by atoms with Gasteiger partial charge in [-0.1, -0.05) is 0 Å². The van der Waals surface area contributed by atoms with Gasteiger partial charge in [0.25, 0.3) is 0 Å². The van der Waals surface area contributed by atoms with E-state index < -0.39 is 0 Å². The Morgan fingerprint density at radius 3 is 2.79 bits per heavy atom. The number of carbonyl (C=O) groups is 1. The van der Waals surface area contributed by atoms with Crippen LogP contribution in [0.25, 0.3) is 0 Å². The number of hydrogen-bond donors (Lipinski definition) is 2. The molecule has 0 aromatic rings. The van der Waals surface area contributed by atoms with E-state index in [0.717, 1.165) is 45.7 Å². The molecule has 0 aromatic carbocycles. The molecular formula is C13H26N4O2. The molecule has 0 saturated carbocycles. The Kier molecular flexibility index (Phi) is 5.57. The van der Waals surface area contributed by atoms with Crippen LogP contribution in [0.3, 0.4) is 0 Å². The largest absolute Gasteiger partial charge is 0.381 e. The minimum Gasteiger partial charge on any atom is -0.381 e. The minimum atomic E-state index is 0.120. The summed E-state index contributed by atoms with van der Waals surface area (Å²) in [6.07, 6.45) is 1.85. The summed E-state index contributed by atoms with van der Waals surface area (Å²) in [7, 11) is 2.10. The molecule has 2 heterocycles. The Hall–Kier alpha value is -0.690. The molecule has 2 saturated heterocycles. The topological polar surface area (TPSA) is 70.8 Å². The highest BCUT2D eigenvalue weighted by Gasteiger charge is 2.26. The van der Waals surface area contributed by atoms with E-state index in [9.17, 15) is 4.79 Å². The Balaban J connectivity index is 1.77. The van der Waals surface area contributed by atoms with E-state index >= 15 is 0 Å². The Labute approximate surface area is 115 Å². The molecule has 0 spiro atoms. The fourth-order valence-electron chi connectivity index (χ4n) is 2.78. The maximum Gasteiger partial charge on any atom is 0.234 e. The summed E-state index contributed by atoms with van der Waals surface area (Å²) in [5.41, 5.74) is 5.80. The average molecular weight is 270 g/mol. The average Bonchev–Trinajstić information content (AvgIpc) is 2.42.